The van der Waals surface area contributed by atoms with Gasteiger partial charge >= 0.3 is 16.1 Å². The molecule has 0 atom stereocenters. The molecule has 0 spiro atoms. The van der Waals surface area contributed by atoms with Crippen LogP contribution in [-0.4, -0.2) is 33.5 Å². The Morgan fingerprint density at radius 2 is 2.12 bits per heavy atom. The summed E-state index contributed by atoms with van der Waals surface area (Å²) in [4.78, 5) is 11.9. The maximum absolute atomic E-state index is 11.4. The van der Waals surface area contributed by atoms with Crippen LogP contribution in [0.3, 0.4) is 0 Å². The Bertz CT molecular complexity index is 543. The van der Waals surface area contributed by atoms with Crippen LogP contribution >= 0.6 is 11.3 Å². The van der Waals surface area contributed by atoms with Crippen LogP contribution in [0.25, 0.3) is 0 Å². The van der Waals surface area contributed by atoms with Crippen molar-refractivity contribution in [2.75, 3.05) is 13.4 Å². The third-order valence-electron chi connectivity index (χ3n) is 1.61. The monoisotopic (exact) mass is 277 g/mol. The van der Waals surface area contributed by atoms with E-state index >= 15 is 0 Å². The van der Waals surface area contributed by atoms with Gasteiger partial charge in [0.15, 0.2) is 0 Å². The molecule has 6 nitrogen and oxygen atoms in total. The largest absolute Gasteiger partial charge is 0.464 e. The molecule has 0 amide bonds. The lowest BCUT2D eigenvalue weighted by Gasteiger charge is -2.00. The van der Waals surface area contributed by atoms with Crippen molar-refractivity contribution in [1.29, 1.82) is 0 Å². The number of thiophene rings is 1. The fourth-order valence-electron chi connectivity index (χ4n) is 0.940. The first kappa shape index (κ1) is 13.7. The molecule has 0 aromatic carbocycles. The summed E-state index contributed by atoms with van der Waals surface area (Å²) in [5.74, 6) is -0.754. The Labute approximate surface area is 103 Å². The predicted molar refractivity (Wildman–Crippen MR) is 63.5 cm³/mol. The number of methoxy groups -OCH3 is 1. The quantitative estimate of drug-likeness (QED) is 0.464. The fraction of sp³-hybridized carbons (Fsp3) is 0.333. The van der Waals surface area contributed by atoms with Crippen molar-refractivity contribution in [1.82, 2.24) is 0 Å². The van der Waals surface area contributed by atoms with E-state index < -0.39 is 16.1 Å². The first-order valence-electron chi connectivity index (χ1n) is 4.44. The second-order valence-electron chi connectivity index (χ2n) is 3.20. The summed E-state index contributed by atoms with van der Waals surface area (Å²) in [6, 6.07) is 1.69. The normalized spacial score (nSPS) is 12.3. The number of hydrogen-bond donors (Lipinski definition) is 0. The van der Waals surface area contributed by atoms with Gasteiger partial charge in [-0.15, -0.1) is 11.3 Å². The SMILES string of the molecule is COC(=O)C(=NOS(C)(=O)=O)c1cc(C)cs1. The first-order chi connectivity index (χ1) is 7.83. The van der Waals surface area contributed by atoms with Crippen LogP contribution in [0.15, 0.2) is 16.6 Å². The zero-order valence-electron chi connectivity index (χ0n) is 9.46. The standard InChI is InChI=1S/C9H11NO5S2/c1-6-4-7(16-5-6)8(9(11)14-2)10-15-17(3,12)13/h4-5H,1-3H3. The average Bonchev–Trinajstić information content (AvgIpc) is 2.63. The smallest absolute Gasteiger partial charge is 0.361 e. The summed E-state index contributed by atoms with van der Waals surface area (Å²) >= 11 is 1.25. The highest BCUT2D eigenvalue weighted by Gasteiger charge is 2.18. The first-order valence-corrected chi connectivity index (χ1v) is 7.13. The van der Waals surface area contributed by atoms with Crippen LogP contribution < -0.4 is 0 Å². The van der Waals surface area contributed by atoms with Crippen LogP contribution in [0.2, 0.25) is 0 Å². The third-order valence-corrected chi connectivity index (χ3v) is 3.01. The number of ether oxygens (including phenoxy) is 1. The van der Waals surface area contributed by atoms with Gasteiger partial charge in [-0.25, -0.2) is 4.79 Å². The van der Waals surface area contributed by atoms with Crippen molar-refractivity contribution in [3.8, 4) is 0 Å². The second-order valence-corrected chi connectivity index (χ2v) is 5.67. The third kappa shape index (κ3) is 4.16. The van der Waals surface area contributed by atoms with E-state index in [9.17, 15) is 13.2 Å². The average molecular weight is 277 g/mol. The van der Waals surface area contributed by atoms with Gasteiger partial charge in [-0.3, -0.25) is 4.28 Å². The molecule has 0 N–H and O–H groups in total. The molecule has 1 rings (SSSR count). The van der Waals surface area contributed by atoms with Gasteiger partial charge < -0.3 is 4.74 Å². The fourth-order valence-corrected chi connectivity index (χ4v) is 2.02. The van der Waals surface area contributed by atoms with E-state index in [4.69, 9.17) is 0 Å². The van der Waals surface area contributed by atoms with Gasteiger partial charge in [0.2, 0.25) is 5.71 Å². The van der Waals surface area contributed by atoms with E-state index in [0.717, 1.165) is 11.8 Å². The Hall–Kier alpha value is -1.41. The second kappa shape index (κ2) is 5.28. The summed E-state index contributed by atoms with van der Waals surface area (Å²) in [7, 11) is -2.57. The maximum atomic E-state index is 11.4. The van der Waals surface area contributed by atoms with E-state index in [1.807, 2.05) is 6.92 Å². The zero-order valence-corrected chi connectivity index (χ0v) is 11.1. The molecule has 0 aliphatic carbocycles. The van der Waals surface area contributed by atoms with Crippen molar-refractivity contribution in [3.63, 3.8) is 0 Å². The van der Waals surface area contributed by atoms with Gasteiger partial charge in [0.25, 0.3) is 0 Å². The maximum Gasteiger partial charge on any atom is 0.361 e. The Morgan fingerprint density at radius 3 is 2.53 bits per heavy atom. The molecular formula is C9H11NO5S2. The molecule has 0 saturated heterocycles. The number of carbonyl (C=O) groups excluding carboxylic acids is 1. The van der Waals surface area contributed by atoms with Crippen molar-refractivity contribution < 1.29 is 22.2 Å². The molecule has 17 heavy (non-hydrogen) atoms. The van der Waals surface area contributed by atoms with Crippen molar-refractivity contribution >= 4 is 33.1 Å². The summed E-state index contributed by atoms with van der Waals surface area (Å²) in [6.07, 6.45) is 0.838. The van der Waals surface area contributed by atoms with E-state index in [-0.39, 0.29) is 5.71 Å². The van der Waals surface area contributed by atoms with E-state index in [2.05, 4.69) is 14.2 Å². The number of oxime groups is 1. The van der Waals surface area contributed by atoms with Gasteiger partial charge in [-0.05, 0) is 23.9 Å². The van der Waals surface area contributed by atoms with Crippen LogP contribution in [0.5, 0.6) is 0 Å². The van der Waals surface area contributed by atoms with E-state index in [0.29, 0.717) is 4.88 Å². The van der Waals surface area contributed by atoms with Crippen molar-refractivity contribution in [3.05, 3.63) is 21.9 Å². The zero-order chi connectivity index (χ0) is 13.1. The topological polar surface area (TPSA) is 82.0 Å². The lowest BCUT2D eigenvalue weighted by Crippen LogP contribution is -2.17. The number of hydrogen-bond acceptors (Lipinski definition) is 7. The van der Waals surface area contributed by atoms with Gasteiger partial charge in [-0.1, -0.05) is 5.16 Å². The van der Waals surface area contributed by atoms with Gasteiger partial charge in [0.05, 0.1) is 18.2 Å². The van der Waals surface area contributed by atoms with Crippen molar-refractivity contribution in [2.45, 2.75) is 6.92 Å². The molecule has 0 unspecified atom stereocenters. The minimum Gasteiger partial charge on any atom is -0.464 e. The number of nitrogens with zero attached hydrogens (tertiary/aromatic N) is 1. The highest BCUT2D eigenvalue weighted by Crippen LogP contribution is 2.16. The van der Waals surface area contributed by atoms with Gasteiger partial charge in [0, 0.05) is 0 Å². The Balaban J connectivity index is 3.09. The van der Waals surface area contributed by atoms with Crippen LogP contribution in [0, 0.1) is 6.92 Å². The predicted octanol–water partition coefficient (Wildman–Crippen LogP) is 0.910. The molecule has 1 aromatic heterocycles. The van der Waals surface area contributed by atoms with Crippen LogP contribution in [-0.2, 0) is 23.9 Å². The summed E-state index contributed by atoms with van der Waals surface area (Å²) < 4.78 is 30.4. The van der Waals surface area contributed by atoms with E-state index in [1.54, 1.807) is 11.4 Å². The molecule has 1 heterocycles. The molecule has 8 heteroatoms. The lowest BCUT2D eigenvalue weighted by molar-refractivity contribution is -0.132. The molecule has 0 aliphatic rings. The summed E-state index contributed by atoms with van der Waals surface area (Å²) in [5.41, 5.74) is 0.761. The molecule has 0 bridgehead atoms. The number of aryl methyl sites for hydroxylation is 1. The van der Waals surface area contributed by atoms with Gasteiger partial charge in [0.1, 0.15) is 0 Å². The molecule has 94 valence electrons. The number of esters is 1. The molecule has 0 fully saturated rings. The molecule has 1 aromatic rings. The Kier molecular flexibility index (Phi) is 4.24. The highest BCUT2D eigenvalue weighted by atomic mass is 32.2. The van der Waals surface area contributed by atoms with E-state index in [1.165, 1.54) is 18.4 Å². The Morgan fingerprint density at radius 1 is 1.47 bits per heavy atom. The van der Waals surface area contributed by atoms with Crippen molar-refractivity contribution in [2.24, 2.45) is 5.16 Å². The summed E-state index contributed by atoms with van der Waals surface area (Å²) in [6.45, 7) is 1.84. The molecular weight excluding hydrogens is 266 g/mol. The number of rotatable bonds is 4. The molecule has 0 radical (unpaired) electrons. The highest BCUT2D eigenvalue weighted by molar-refractivity contribution is 7.85. The van der Waals surface area contributed by atoms with Gasteiger partial charge in [-0.2, -0.15) is 8.42 Å². The number of carbonyl (C=O) groups is 1. The van der Waals surface area contributed by atoms with Crippen LogP contribution in [0.4, 0.5) is 0 Å². The summed E-state index contributed by atoms with van der Waals surface area (Å²) in [5, 5.41) is 5.11. The minimum atomic E-state index is -3.75. The minimum absolute atomic E-state index is 0.170. The molecule has 0 saturated carbocycles. The molecule has 0 aliphatic heterocycles. The lowest BCUT2D eigenvalue weighted by atomic mass is 10.2. The van der Waals surface area contributed by atoms with Crippen LogP contribution in [0.1, 0.15) is 10.4 Å².